The van der Waals surface area contributed by atoms with Crippen molar-refractivity contribution >= 4 is 40.3 Å². The van der Waals surface area contributed by atoms with Crippen LogP contribution in [0.15, 0.2) is 65.7 Å². The predicted molar refractivity (Wildman–Crippen MR) is 148 cm³/mol. The summed E-state index contributed by atoms with van der Waals surface area (Å²) >= 11 is 6.89. The highest BCUT2D eigenvalue weighted by Gasteiger charge is 2.35. The number of carbonyl (C=O) groups excluding carboxylic acids is 1. The van der Waals surface area contributed by atoms with Crippen LogP contribution in [0.25, 0.3) is 23.0 Å². The van der Waals surface area contributed by atoms with Gasteiger partial charge in [-0.1, -0.05) is 67.7 Å². The Morgan fingerprint density at radius 1 is 1.22 bits per heavy atom. The second kappa shape index (κ2) is 11.4. The van der Waals surface area contributed by atoms with Crippen LogP contribution in [-0.2, 0) is 9.53 Å². The summed E-state index contributed by atoms with van der Waals surface area (Å²) in [5.41, 5.74) is 3.51. The molecular formula is C28H29N3O3S2. The predicted octanol–water partition coefficient (Wildman–Crippen LogP) is 6.10. The number of thioether (sulfide) groups is 1. The van der Waals surface area contributed by atoms with Gasteiger partial charge >= 0.3 is 0 Å². The van der Waals surface area contributed by atoms with Gasteiger partial charge in [-0.3, -0.25) is 9.69 Å². The van der Waals surface area contributed by atoms with Gasteiger partial charge in [-0.25, -0.2) is 4.68 Å². The lowest BCUT2D eigenvalue weighted by atomic mass is 10.1. The number of hydrogen-bond acceptors (Lipinski definition) is 6. The maximum absolute atomic E-state index is 13.3. The number of benzene rings is 2. The highest BCUT2D eigenvalue weighted by Crippen LogP contribution is 2.36. The lowest BCUT2D eigenvalue weighted by Gasteiger charge is -2.18. The molecule has 1 aromatic heterocycles. The maximum atomic E-state index is 13.3. The number of rotatable bonds is 9. The normalized spacial score (nSPS) is 19.0. The van der Waals surface area contributed by atoms with E-state index in [0.717, 1.165) is 60.5 Å². The number of ether oxygens (including phenoxy) is 2. The largest absolute Gasteiger partial charge is 0.494 e. The Kier molecular flexibility index (Phi) is 7.84. The van der Waals surface area contributed by atoms with Crippen LogP contribution in [-0.4, -0.2) is 50.8 Å². The van der Waals surface area contributed by atoms with Crippen molar-refractivity contribution in [3.8, 4) is 22.7 Å². The molecule has 0 aliphatic carbocycles. The number of aromatic nitrogens is 2. The van der Waals surface area contributed by atoms with Crippen LogP contribution in [0.4, 0.5) is 0 Å². The quantitative estimate of drug-likeness (QED) is 0.193. The Bertz CT molecular complexity index is 1270. The number of thiocarbonyl (C=S) groups is 1. The lowest BCUT2D eigenvalue weighted by Crippen LogP contribution is -2.35. The first kappa shape index (κ1) is 24.7. The number of hydrogen-bond donors (Lipinski definition) is 0. The van der Waals surface area contributed by atoms with Crippen LogP contribution in [0.1, 0.15) is 38.2 Å². The molecule has 0 saturated carbocycles. The molecule has 2 aliphatic rings. The smallest absolute Gasteiger partial charge is 0.266 e. The van der Waals surface area contributed by atoms with Crippen LogP contribution in [0.5, 0.6) is 5.75 Å². The van der Waals surface area contributed by atoms with Gasteiger partial charge in [0, 0.05) is 23.9 Å². The zero-order chi connectivity index (χ0) is 24.9. The summed E-state index contributed by atoms with van der Waals surface area (Å²) in [6.45, 7) is 4.08. The van der Waals surface area contributed by atoms with Crippen molar-refractivity contribution < 1.29 is 14.3 Å². The fourth-order valence-corrected chi connectivity index (χ4v) is 5.55. The highest BCUT2D eigenvalue weighted by molar-refractivity contribution is 8.26. The zero-order valence-electron chi connectivity index (χ0n) is 20.3. The number of unbranched alkanes of at least 4 members (excludes halogenated alkanes) is 1. The fraction of sp³-hybridized carbons (Fsp3) is 0.321. The number of para-hydroxylation sites is 1. The molecule has 2 aromatic carbocycles. The van der Waals surface area contributed by atoms with Gasteiger partial charge in [-0.15, -0.1) is 0 Å². The van der Waals surface area contributed by atoms with E-state index < -0.39 is 0 Å². The van der Waals surface area contributed by atoms with E-state index in [-0.39, 0.29) is 12.0 Å². The number of nitrogens with zero attached hydrogens (tertiary/aromatic N) is 3. The first-order valence-corrected chi connectivity index (χ1v) is 13.6. The van der Waals surface area contributed by atoms with E-state index in [1.54, 1.807) is 4.90 Å². The van der Waals surface area contributed by atoms with Gasteiger partial charge in [0.15, 0.2) is 0 Å². The minimum atomic E-state index is -0.0736. The summed E-state index contributed by atoms with van der Waals surface area (Å²) < 4.78 is 14.1. The molecule has 0 radical (unpaired) electrons. The Balaban J connectivity index is 1.48. The van der Waals surface area contributed by atoms with E-state index in [4.69, 9.17) is 26.8 Å². The number of amides is 1. The topological polar surface area (TPSA) is 56.6 Å². The zero-order valence-corrected chi connectivity index (χ0v) is 21.9. The highest BCUT2D eigenvalue weighted by atomic mass is 32.2. The minimum Gasteiger partial charge on any atom is -0.494 e. The molecule has 1 amide bonds. The summed E-state index contributed by atoms with van der Waals surface area (Å²) in [6.07, 6.45) is 7.99. The number of carbonyl (C=O) groups is 1. The molecule has 2 fully saturated rings. The first-order valence-electron chi connectivity index (χ1n) is 12.4. The molecule has 0 unspecified atom stereocenters. The van der Waals surface area contributed by atoms with Crippen molar-refractivity contribution in [1.29, 1.82) is 0 Å². The van der Waals surface area contributed by atoms with E-state index >= 15 is 0 Å². The van der Waals surface area contributed by atoms with Crippen LogP contribution < -0.4 is 4.74 Å². The van der Waals surface area contributed by atoms with Gasteiger partial charge in [0.25, 0.3) is 5.91 Å². The molecule has 1 atom stereocenters. The third-order valence-corrected chi connectivity index (χ3v) is 7.59. The van der Waals surface area contributed by atoms with Crippen molar-refractivity contribution in [3.05, 3.63) is 71.3 Å². The van der Waals surface area contributed by atoms with Crippen molar-refractivity contribution in [2.24, 2.45) is 0 Å². The van der Waals surface area contributed by atoms with Gasteiger partial charge < -0.3 is 9.47 Å². The maximum Gasteiger partial charge on any atom is 0.266 e. The average Bonchev–Trinajstić information content (AvgIpc) is 3.63. The SMILES string of the molecule is CCCCOc1cccc(-c2nn(-c3ccccc3)cc2/C=C2\SC(=S)N(C[C@H]3CCCO3)C2=O)c1. The second-order valence-corrected chi connectivity index (χ2v) is 10.5. The second-order valence-electron chi connectivity index (χ2n) is 8.87. The van der Waals surface area contributed by atoms with Gasteiger partial charge in [-0.2, -0.15) is 5.10 Å². The van der Waals surface area contributed by atoms with Crippen LogP contribution in [0.3, 0.4) is 0 Å². The van der Waals surface area contributed by atoms with Crippen molar-refractivity contribution in [2.75, 3.05) is 19.8 Å². The molecule has 0 bridgehead atoms. The van der Waals surface area contributed by atoms with Crippen LogP contribution >= 0.6 is 24.0 Å². The molecule has 36 heavy (non-hydrogen) atoms. The van der Waals surface area contributed by atoms with Gasteiger partial charge in [-0.05, 0) is 49.6 Å². The van der Waals surface area contributed by atoms with Crippen LogP contribution in [0.2, 0.25) is 0 Å². The van der Waals surface area contributed by atoms with Gasteiger partial charge in [0.2, 0.25) is 0 Å². The van der Waals surface area contributed by atoms with Gasteiger partial charge in [0.05, 0.1) is 29.8 Å². The summed E-state index contributed by atoms with van der Waals surface area (Å²) in [7, 11) is 0. The molecule has 8 heteroatoms. The Labute approximate surface area is 221 Å². The Morgan fingerprint density at radius 2 is 2.08 bits per heavy atom. The summed E-state index contributed by atoms with van der Waals surface area (Å²) in [4.78, 5) is 15.6. The van der Waals surface area contributed by atoms with Crippen molar-refractivity contribution in [1.82, 2.24) is 14.7 Å². The fourth-order valence-electron chi connectivity index (χ4n) is 4.29. The molecule has 0 spiro atoms. The van der Waals surface area contributed by atoms with E-state index in [9.17, 15) is 4.79 Å². The van der Waals surface area contributed by atoms with Crippen molar-refractivity contribution in [3.63, 3.8) is 0 Å². The molecule has 6 nitrogen and oxygen atoms in total. The van der Waals surface area contributed by atoms with E-state index in [0.29, 0.717) is 22.4 Å². The summed E-state index contributed by atoms with van der Waals surface area (Å²) in [5.74, 6) is 0.736. The summed E-state index contributed by atoms with van der Waals surface area (Å²) in [5, 5.41) is 4.91. The molecule has 5 rings (SSSR count). The Hall–Kier alpha value is -2.94. The van der Waals surface area contributed by atoms with Crippen LogP contribution in [0, 0.1) is 0 Å². The van der Waals surface area contributed by atoms with Gasteiger partial charge in [0.1, 0.15) is 15.8 Å². The van der Waals surface area contributed by atoms with E-state index in [1.807, 2.05) is 71.6 Å². The molecule has 3 heterocycles. The molecule has 3 aromatic rings. The standard InChI is InChI=1S/C28H29N3O3S2/c1-2-3-14-33-23-12-7-9-20(16-23)26-21(18-31(29-26)22-10-5-4-6-11-22)17-25-27(32)30(28(35)36-25)19-24-13-8-15-34-24/h4-7,9-12,16-18,24H,2-3,8,13-15,19H2,1H3/b25-17-/t24-/m1/s1. The minimum absolute atomic E-state index is 0.0543. The molecule has 2 saturated heterocycles. The average molecular weight is 520 g/mol. The molecule has 0 N–H and O–H groups in total. The summed E-state index contributed by atoms with van der Waals surface area (Å²) in [6, 6.07) is 17.9. The van der Waals surface area contributed by atoms with Crippen molar-refractivity contribution in [2.45, 2.75) is 38.7 Å². The molecule has 186 valence electrons. The molecular weight excluding hydrogens is 490 g/mol. The lowest BCUT2D eigenvalue weighted by molar-refractivity contribution is -0.123. The monoisotopic (exact) mass is 519 g/mol. The third kappa shape index (κ3) is 5.56. The third-order valence-electron chi connectivity index (χ3n) is 6.21. The van der Waals surface area contributed by atoms with E-state index in [1.165, 1.54) is 11.8 Å². The first-order chi connectivity index (χ1) is 17.6. The molecule has 2 aliphatic heterocycles. The van der Waals surface area contributed by atoms with E-state index in [2.05, 4.69) is 6.92 Å². The Morgan fingerprint density at radius 3 is 2.86 bits per heavy atom.